The van der Waals surface area contributed by atoms with Crippen LogP contribution in [-0.2, 0) is 5.66 Å². The maximum absolute atomic E-state index is 3.88. The first-order chi connectivity index (χ1) is 19.8. The Kier molecular flexibility index (Phi) is 3.65. The molecule has 6 aromatic carbocycles. The van der Waals surface area contributed by atoms with Crippen molar-refractivity contribution < 1.29 is 0 Å². The number of nitrogens with one attached hydrogen (secondary N) is 2. The fraction of sp³-hybridized carbons (Fsp3) is 0.0556. The van der Waals surface area contributed by atoms with Gasteiger partial charge < -0.3 is 19.8 Å². The highest BCUT2D eigenvalue weighted by molar-refractivity contribution is 6.33. The molecule has 40 heavy (non-hydrogen) atoms. The van der Waals surface area contributed by atoms with Gasteiger partial charge in [0.1, 0.15) is 0 Å². The Bertz CT molecular complexity index is 2340. The third-order valence-electron chi connectivity index (χ3n) is 9.16. The van der Waals surface area contributed by atoms with E-state index in [9.17, 15) is 0 Å². The summed E-state index contributed by atoms with van der Waals surface area (Å²) in [4.78, 5) is 6.36. The number of para-hydroxylation sites is 4. The van der Waals surface area contributed by atoms with Gasteiger partial charge in [-0.25, -0.2) is 0 Å². The summed E-state index contributed by atoms with van der Waals surface area (Å²) in [5, 5.41) is 11.6. The number of H-pyrrole nitrogens is 1. The van der Waals surface area contributed by atoms with Gasteiger partial charge in [-0.05, 0) is 53.2 Å². The molecule has 0 radical (unpaired) electrons. The number of fused-ring (bicyclic) bond motifs is 12. The molecule has 188 valence electrons. The van der Waals surface area contributed by atoms with Gasteiger partial charge in [0, 0.05) is 38.3 Å². The molecule has 0 aliphatic carbocycles. The number of benzene rings is 6. The Labute approximate surface area is 230 Å². The number of aromatic amines is 1. The average molecular weight is 513 g/mol. The minimum Gasteiger partial charge on any atom is -0.356 e. The SMILES string of the molecule is c1ccc(-n2c3ccc4ccccc4c3c3c4c(ccc32)[nH]c2c([C@@]35CN3c3ccccc3N5)cccc24)cc1. The van der Waals surface area contributed by atoms with E-state index in [1.807, 2.05) is 0 Å². The Morgan fingerprint density at radius 1 is 0.600 bits per heavy atom. The van der Waals surface area contributed by atoms with E-state index in [4.69, 9.17) is 0 Å². The van der Waals surface area contributed by atoms with Crippen molar-refractivity contribution in [3.63, 3.8) is 0 Å². The molecule has 4 heteroatoms. The second kappa shape index (κ2) is 7.04. The topological polar surface area (TPSA) is 35.8 Å². The summed E-state index contributed by atoms with van der Waals surface area (Å²) in [6.07, 6.45) is 0. The van der Waals surface area contributed by atoms with Crippen LogP contribution in [-0.4, -0.2) is 16.1 Å². The van der Waals surface area contributed by atoms with Gasteiger partial charge in [-0.3, -0.25) is 0 Å². The Morgan fingerprint density at radius 2 is 1.38 bits per heavy atom. The summed E-state index contributed by atoms with van der Waals surface area (Å²) in [6.45, 7) is 0.978. The van der Waals surface area contributed by atoms with E-state index in [0.29, 0.717) is 0 Å². The van der Waals surface area contributed by atoms with E-state index in [0.717, 1.165) is 6.54 Å². The third kappa shape index (κ3) is 2.43. The summed E-state index contributed by atoms with van der Waals surface area (Å²) in [7, 11) is 0. The lowest BCUT2D eigenvalue weighted by Gasteiger charge is -2.14. The number of nitrogens with zero attached hydrogens (tertiary/aromatic N) is 2. The fourth-order valence-corrected chi connectivity index (χ4v) is 7.41. The van der Waals surface area contributed by atoms with Crippen molar-refractivity contribution in [3.05, 3.63) is 127 Å². The Hall–Kier alpha value is -5.22. The van der Waals surface area contributed by atoms with E-state index >= 15 is 0 Å². The van der Waals surface area contributed by atoms with Gasteiger partial charge in [-0.15, -0.1) is 0 Å². The minimum atomic E-state index is -0.187. The number of rotatable bonds is 2. The summed E-state index contributed by atoms with van der Waals surface area (Å²) >= 11 is 0. The predicted molar refractivity (Wildman–Crippen MR) is 167 cm³/mol. The second-order valence-electron chi connectivity index (χ2n) is 11.2. The predicted octanol–water partition coefficient (Wildman–Crippen LogP) is 8.67. The summed E-state index contributed by atoms with van der Waals surface area (Å²) in [6, 6.07) is 44.1. The van der Waals surface area contributed by atoms with E-state index in [1.54, 1.807) is 0 Å². The average Bonchev–Trinajstić information content (AvgIpc) is 3.29. The lowest BCUT2D eigenvalue weighted by molar-refractivity contribution is 0.851. The molecule has 2 N–H and O–H groups in total. The summed E-state index contributed by atoms with van der Waals surface area (Å²) < 4.78 is 2.43. The first-order valence-corrected chi connectivity index (χ1v) is 13.9. The van der Waals surface area contributed by atoms with Crippen molar-refractivity contribution in [2.45, 2.75) is 5.66 Å². The zero-order valence-electron chi connectivity index (χ0n) is 21.6. The number of anilines is 2. The van der Waals surface area contributed by atoms with Crippen LogP contribution in [0, 0.1) is 0 Å². The van der Waals surface area contributed by atoms with Crippen LogP contribution < -0.4 is 10.2 Å². The zero-order valence-corrected chi connectivity index (χ0v) is 21.6. The van der Waals surface area contributed by atoms with Crippen molar-refractivity contribution in [1.29, 1.82) is 0 Å². The minimum absolute atomic E-state index is 0.187. The second-order valence-corrected chi connectivity index (χ2v) is 11.2. The Balaban J connectivity index is 1.35. The van der Waals surface area contributed by atoms with Crippen LogP contribution in [0.4, 0.5) is 11.4 Å². The van der Waals surface area contributed by atoms with Crippen molar-refractivity contribution in [3.8, 4) is 5.69 Å². The van der Waals surface area contributed by atoms with Gasteiger partial charge in [0.05, 0.1) is 34.5 Å². The van der Waals surface area contributed by atoms with Gasteiger partial charge in [0.25, 0.3) is 0 Å². The number of hydrogen-bond donors (Lipinski definition) is 2. The highest BCUT2D eigenvalue weighted by Crippen LogP contribution is 2.56. The lowest BCUT2D eigenvalue weighted by atomic mass is 9.99. The van der Waals surface area contributed by atoms with Crippen LogP contribution in [0.5, 0.6) is 0 Å². The molecule has 2 aliphatic rings. The summed E-state index contributed by atoms with van der Waals surface area (Å²) in [5.74, 6) is 0. The molecule has 1 atom stereocenters. The van der Waals surface area contributed by atoms with E-state index in [1.165, 1.54) is 77.0 Å². The third-order valence-corrected chi connectivity index (χ3v) is 9.16. The first kappa shape index (κ1) is 20.7. The molecular weight excluding hydrogens is 488 g/mol. The molecule has 0 bridgehead atoms. The number of aromatic nitrogens is 2. The van der Waals surface area contributed by atoms with E-state index in [2.05, 4.69) is 141 Å². The fourth-order valence-electron chi connectivity index (χ4n) is 7.41. The van der Waals surface area contributed by atoms with Crippen molar-refractivity contribution in [2.75, 3.05) is 16.8 Å². The zero-order chi connectivity index (χ0) is 26.0. The Morgan fingerprint density at radius 3 is 2.30 bits per heavy atom. The molecule has 4 heterocycles. The molecule has 0 unspecified atom stereocenters. The summed E-state index contributed by atoms with van der Waals surface area (Å²) in [5.41, 5.74) is 9.65. The molecule has 0 saturated carbocycles. The van der Waals surface area contributed by atoms with Gasteiger partial charge in [0.15, 0.2) is 5.66 Å². The molecule has 1 fully saturated rings. The van der Waals surface area contributed by atoms with Crippen LogP contribution >= 0.6 is 0 Å². The van der Waals surface area contributed by atoms with Gasteiger partial charge in [-0.2, -0.15) is 0 Å². The van der Waals surface area contributed by atoms with Crippen molar-refractivity contribution >= 4 is 65.8 Å². The monoisotopic (exact) mass is 512 g/mol. The van der Waals surface area contributed by atoms with Gasteiger partial charge >= 0.3 is 0 Å². The largest absolute Gasteiger partial charge is 0.356 e. The van der Waals surface area contributed by atoms with E-state index < -0.39 is 0 Å². The molecule has 2 aliphatic heterocycles. The maximum Gasteiger partial charge on any atom is 0.157 e. The molecule has 0 spiro atoms. The van der Waals surface area contributed by atoms with Crippen molar-refractivity contribution in [1.82, 2.24) is 9.55 Å². The molecule has 8 aromatic rings. The van der Waals surface area contributed by atoms with Crippen molar-refractivity contribution in [2.24, 2.45) is 0 Å². The highest BCUT2D eigenvalue weighted by Gasteiger charge is 2.59. The normalized spacial score (nSPS) is 17.6. The van der Waals surface area contributed by atoms with Gasteiger partial charge in [0.2, 0.25) is 0 Å². The quantitative estimate of drug-likeness (QED) is 0.227. The smallest absolute Gasteiger partial charge is 0.157 e. The highest BCUT2D eigenvalue weighted by atomic mass is 15.5. The molecule has 10 rings (SSSR count). The van der Waals surface area contributed by atoms with Crippen LogP contribution in [0.25, 0.3) is 60.1 Å². The number of hydrogen-bond acceptors (Lipinski definition) is 2. The lowest BCUT2D eigenvalue weighted by Crippen LogP contribution is -2.21. The van der Waals surface area contributed by atoms with Crippen LogP contribution in [0.2, 0.25) is 0 Å². The van der Waals surface area contributed by atoms with Gasteiger partial charge in [-0.1, -0.05) is 78.9 Å². The molecule has 4 nitrogen and oxygen atoms in total. The van der Waals surface area contributed by atoms with Crippen LogP contribution in [0.15, 0.2) is 121 Å². The first-order valence-electron chi connectivity index (χ1n) is 13.9. The van der Waals surface area contributed by atoms with Crippen LogP contribution in [0.1, 0.15) is 5.56 Å². The van der Waals surface area contributed by atoms with E-state index in [-0.39, 0.29) is 5.66 Å². The molecular formula is C36H24N4. The van der Waals surface area contributed by atoms with Crippen LogP contribution in [0.3, 0.4) is 0 Å². The molecule has 1 saturated heterocycles. The maximum atomic E-state index is 3.88. The molecule has 2 aromatic heterocycles. The standard InChI is InChI=1S/C36H24N4/c1-2-10-23(11-3-1)40-30-19-17-22-9-4-5-12-24(22)33(30)34-31(40)20-18-28-32(34)25-13-8-14-26(35(25)37-28)36-21-39(36)29-16-7-6-15-27(29)38-36/h1-20,37-38H,21H2/t36-,39?/m1/s1. The molecule has 0 amide bonds.